The van der Waals surface area contributed by atoms with Crippen LogP contribution in [-0.4, -0.2) is 46.4 Å². The Bertz CT molecular complexity index is 508. The second-order valence-electron chi connectivity index (χ2n) is 5.52. The largest absolute Gasteiger partial charge is 0.354 e. The average Bonchev–Trinajstić information content (AvgIpc) is 2.69. The van der Waals surface area contributed by atoms with Gasteiger partial charge in [0.15, 0.2) is 0 Å². The fourth-order valence-corrected chi connectivity index (χ4v) is 2.79. The molecule has 6 nitrogen and oxygen atoms in total. The van der Waals surface area contributed by atoms with E-state index in [0.29, 0.717) is 24.7 Å². The smallest absolute Gasteiger partial charge is 0.271 e. The van der Waals surface area contributed by atoms with Crippen LogP contribution in [-0.2, 0) is 17.8 Å². The first-order chi connectivity index (χ1) is 9.69. The van der Waals surface area contributed by atoms with Gasteiger partial charge in [-0.05, 0) is 12.8 Å². The lowest BCUT2D eigenvalue weighted by molar-refractivity contribution is -0.138. The summed E-state index contributed by atoms with van der Waals surface area (Å²) in [4.78, 5) is 30.2. The minimum Gasteiger partial charge on any atom is -0.354 e. The summed E-state index contributed by atoms with van der Waals surface area (Å²) in [5.41, 5.74) is 0.460. The minimum atomic E-state index is -0.159. The zero-order valence-electron chi connectivity index (χ0n) is 11.8. The van der Waals surface area contributed by atoms with Gasteiger partial charge in [-0.2, -0.15) is 0 Å². The first kappa shape index (κ1) is 13.1. The van der Waals surface area contributed by atoms with Crippen molar-refractivity contribution in [1.29, 1.82) is 0 Å². The summed E-state index contributed by atoms with van der Waals surface area (Å²) in [7, 11) is 1.60. The summed E-state index contributed by atoms with van der Waals surface area (Å²) in [6.07, 6.45) is 5.77. The molecule has 108 valence electrons. The van der Waals surface area contributed by atoms with Crippen LogP contribution < -0.4 is 5.32 Å². The summed E-state index contributed by atoms with van der Waals surface area (Å²) >= 11 is 0. The van der Waals surface area contributed by atoms with Crippen molar-refractivity contribution in [2.45, 2.75) is 32.2 Å². The van der Waals surface area contributed by atoms with Gasteiger partial charge in [0, 0.05) is 45.2 Å². The number of nitrogens with one attached hydrogen (secondary N) is 1. The van der Waals surface area contributed by atoms with E-state index in [-0.39, 0.29) is 11.8 Å². The van der Waals surface area contributed by atoms with Gasteiger partial charge < -0.3 is 14.8 Å². The molecule has 0 spiro atoms. The predicted octanol–water partition coefficient (Wildman–Crippen LogP) is 0.427. The first-order valence-corrected chi connectivity index (χ1v) is 7.26. The molecule has 1 aliphatic heterocycles. The van der Waals surface area contributed by atoms with Crippen LogP contribution in [0.15, 0.2) is 6.20 Å². The molecule has 0 radical (unpaired) electrons. The van der Waals surface area contributed by atoms with Crippen molar-refractivity contribution < 1.29 is 9.59 Å². The van der Waals surface area contributed by atoms with E-state index in [1.165, 1.54) is 6.42 Å². The molecule has 20 heavy (non-hydrogen) atoms. The molecule has 1 aliphatic carbocycles. The Morgan fingerprint density at radius 1 is 1.30 bits per heavy atom. The van der Waals surface area contributed by atoms with E-state index in [1.807, 2.05) is 9.47 Å². The van der Waals surface area contributed by atoms with E-state index in [2.05, 4.69) is 10.3 Å². The van der Waals surface area contributed by atoms with Gasteiger partial charge in [0.05, 0.1) is 0 Å². The van der Waals surface area contributed by atoms with E-state index in [4.69, 9.17) is 0 Å². The number of carbonyl (C=O) groups is 2. The number of rotatable bonds is 2. The summed E-state index contributed by atoms with van der Waals surface area (Å²) in [5.74, 6) is 1.29. The normalized spacial score (nSPS) is 18.9. The number of fused-ring (bicyclic) bond motifs is 1. The number of hydrogen-bond acceptors (Lipinski definition) is 3. The molecule has 0 atom stereocenters. The lowest BCUT2D eigenvalue weighted by Gasteiger charge is -2.30. The Hall–Kier alpha value is -1.85. The second kappa shape index (κ2) is 5.26. The number of nitrogens with zero attached hydrogens (tertiary/aromatic N) is 3. The molecular formula is C14H20N4O2. The van der Waals surface area contributed by atoms with E-state index >= 15 is 0 Å². The number of imidazole rings is 1. The van der Waals surface area contributed by atoms with Crippen LogP contribution in [0.5, 0.6) is 0 Å². The van der Waals surface area contributed by atoms with Crippen LogP contribution in [0.3, 0.4) is 0 Å². The van der Waals surface area contributed by atoms with Crippen LogP contribution in [0, 0.1) is 5.92 Å². The SMILES string of the molecule is CNC(=O)c1cn2c(n1)CCN(C(=O)C1CCC1)CC2. The maximum Gasteiger partial charge on any atom is 0.271 e. The highest BCUT2D eigenvalue weighted by atomic mass is 16.2. The van der Waals surface area contributed by atoms with E-state index in [0.717, 1.165) is 31.6 Å². The zero-order chi connectivity index (χ0) is 14.1. The van der Waals surface area contributed by atoms with Crippen molar-refractivity contribution in [1.82, 2.24) is 19.8 Å². The topological polar surface area (TPSA) is 67.2 Å². The Morgan fingerprint density at radius 2 is 2.10 bits per heavy atom. The van der Waals surface area contributed by atoms with Crippen LogP contribution in [0.2, 0.25) is 0 Å². The molecule has 1 saturated carbocycles. The van der Waals surface area contributed by atoms with E-state index < -0.39 is 0 Å². The molecule has 0 unspecified atom stereocenters. The van der Waals surface area contributed by atoms with Gasteiger partial charge in [-0.1, -0.05) is 6.42 Å². The van der Waals surface area contributed by atoms with E-state index in [9.17, 15) is 9.59 Å². The lowest BCUT2D eigenvalue weighted by Crippen LogP contribution is -2.40. The van der Waals surface area contributed by atoms with Crippen LogP contribution in [0.25, 0.3) is 0 Å². The summed E-state index contributed by atoms with van der Waals surface area (Å²) in [6, 6.07) is 0. The molecule has 2 amide bonds. The monoisotopic (exact) mass is 276 g/mol. The standard InChI is InChI=1S/C14H20N4O2/c1-15-13(19)11-9-18-8-7-17(6-5-12(18)16-11)14(20)10-3-2-4-10/h9-10H,2-8H2,1H3,(H,15,19). The van der Waals surface area contributed by atoms with Crippen LogP contribution in [0.4, 0.5) is 0 Å². The molecule has 1 fully saturated rings. The highest BCUT2D eigenvalue weighted by Crippen LogP contribution is 2.28. The zero-order valence-corrected chi connectivity index (χ0v) is 11.8. The van der Waals surface area contributed by atoms with Gasteiger partial charge >= 0.3 is 0 Å². The average molecular weight is 276 g/mol. The highest BCUT2D eigenvalue weighted by Gasteiger charge is 2.30. The molecular weight excluding hydrogens is 256 g/mol. The van der Waals surface area contributed by atoms with Gasteiger partial charge in [-0.3, -0.25) is 9.59 Å². The van der Waals surface area contributed by atoms with Gasteiger partial charge in [0.1, 0.15) is 11.5 Å². The third kappa shape index (κ3) is 2.30. The summed E-state index contributed by atoms with van der Waals surface area (Å²) in [5, 5.41) is 2.58. The van der Waals surface area contributed by atoms with Crippen LogP contribution >= 0.6 is 0 Å². The Morgan fingerprint density at radius 3 is 2.75 bits per heavy atom. The van der Waals surface area contributed by atoms with Gasteiger partial charge in [-0.15, -0.1) is 0 Å². The Balaban J connectivity index is 1.68. The summed E-state index contributed by atoms with van der Waals surface area (Å²) < 4.78 is 2.00. The molecule has 0 saturated heterocycles. The third-order valence-electron chi connectivity index (χ3n) is 4.30. The Labute approximate surface area is 118 Å². The number of aromatic nitrogens is 2. The maximum absolute atomic E-state index is 12.3. The number of carbonyl (C=O) groups excluding carboxylic acids is 2. The van der Waals surface area contributed by atoms with Crippen molar-refractivity contribution in [3.8, 4) is 0 Å². The van der Waals surface area contributed by atoms with Crippen molar-refractivity contribution >= 4 is 11.8 Å². The summed E-state index contributed by atoms with van der Waals surface area (Å²) in [6.45, 7) is 2.14. The molecule has 1 aromatic heterocycles. The quantitative estimate of drug-likeness (QED) is 0.851. The van der Waals surface area contributed by atoms with Crippen LogP contribution in [0.1, 0.15) is 35.6 Å². The fraction of sp³-hybridized carbons (Fsp3) is 0.643. The van der Waals surface area contributed by atoms with E-state index in [1.54, 1.807) is 13.2 Å². The molecule has 3 rings (SSSR count). The van der Waals surface area contributed by atoms with Crippen molar-refractivity contribution in [3.05, 3.63) is 17.7 Å². The van der Waals surface area contributed by atoms with Crippen molar-refractivity contribution in [2.75, 3.05) is 20.1 Å². The van der Waals surface area contributed by atoms with Gasteiger partial charge in [0.2, 0.25) is 5.91 Å². The second-order valence-corrected chi connectivity index (χ2v) is 5.52. The molecule has 6 heteroatoms. The lowest BCUT2D eigenvalue weighted by atomic mass is 9.84. The first-order valence-electron chi connectivity index (χ1n) is 7.26. The molecule has 0 aromatic carbocycles. The van der Waals surface area contributed by atoms with Crippen molar-refractivity contribution in [2.24, 2.45) is 5.92 Å². The van der Waals surface area contributed by atoms with Gasteiger partial charge in [-0.25, -0.2) is 4.98 Å². The molecule has 1 N–H and O–H groups in total. The fourth-order valence-electron chi connectivity index (χ4n) is 2.79. The van der Waals surface area contributed by atoms with Gasteiger partial charge in [0.25, 0.3) is 5.91 Å². The molecule has 0 bridgehead atoms. The number of hydrogen-bond donors (Lipinski definition) is 1. The third-order valence-corrected chi connectivity index (χ3v) is 4.30. The predicted molar refractivity (Wildman–Crippen MR) is 73.2 cm³/mol. The highest BCUT2D eigenvalue weighted by molar-refractivity contribution is 5.91. The Kier molecular flexibility index (Phi) is 3.46. The molecule has 1 aromatic rings. The molecule has 2 heterocycles. The molecule has 2 aliphatic rings. The maximum atomic E-state index is 12.3. The number of amides is 2. The van der Waals surface area contributed by atoms with Crippen molar-refractivity contribution in [3.63, 3.8) is 0 Å². The minimum absolute atomic E-state index is 0.159.